The van der Waals surface area contributed by atoms with Crippen LogP contribution in [-0.4, -0.2) is 87.8 Å². The van der Waals surface area contributed by atoms with Gasteiger partial charge in [-0.25, -0.2) is 9.48 Å². The van der Waals surface area contributed by atoms with E-state index in [4.69, 9.17) is 9.47 Å². The summed E-state index contributed by atoms with van der Waals surface area (Å²) >= 11 is 0. The van der Waals surface area contributed by atoms with Gasteiger partial charge in [-0.05, 0) is 25.5 Å². The minimum Gasteiger partial charge on any atom is -0.495 e. The quantitative estimate of drug-likeness (QED) is 0.637. The number of benzene rings is 1. The number of carbonyl (C=O) groups excluding carboxylic acids is 2. The van der Waals surface area contributed by atoms with E-state index in [1.54, 1.807) is 47.0 Å². The zero-order chi connectivity index (χ0) is 25.4. The molecule has 11 nitrogen and oxygen atoms in total. The van der Waals surface area contributed by atoms with Crippen molar-refractivity contribution in [2.24, 2.45) is 5.92 Å². The highest BCUT2D eigenvalue weighted by Crippen LogP contribution is 2.24. The smallest absolute Gasteiger partial charge is 0.321 e. The largest absolute Gasteiger partial charge is 0.495 e. The van der Waals surface area contributed by atoms with Crippen LogP contribution in [0, 0.1) is 5.92 Å². The Morgan fingerprint density at radius 1 is 1.40 bits per heavy atom. The molecule has 0 aliphatic carbocycles. The Kier molecular flexibility index (Phi) is 9.44. The Labute approximate surface area is 206 Å². The van der Waals surface area contributed by atoms with Gasteiger partial charge in [-0.15, -0.1) is 5.10 Å². The topological polar surface area (TPSA) is 122 Å². The molecule has 2 aromatic rings. The summed E-state index contributed by atoms with van der Waals surface area (Å²) in [7, 11) is 3.25. The van der Waals surface area contributed by atoms with Gasteiger partial charge in [0, 0.05) is 39.0 Å². The standard InChI is InChI=1S/C24H36N6O5/c1-17-13-29(18(2)15-31)23(32)10-7-11-30-19(12-25-27-30)16-35-22(17)14-28(3)24(33)26-20-8-5-6-9-21(20)34-4/h5-6,8-9,12,17-18,22,31H,7,10-11,13-16H2,1-4H3,(H,26,33)/t17-,18-,22+/m0/s1. The van der Waals surface area contributed by atoms with Crippen molar-refractivity contribution in [2.45, 2.75) is 52.0 Å². The summed E-state index contributed by atoms with van der Waals surface area (Å²) < 4.78 is 13.3. The normalized spacial score (nSPS) is 20.3. The third kappa shape index (κ3) is 6.92. The Balaban J connectivity index is 1.78. The lowest BCUT2D eigenvalue weighted by molar-refractivity contribution is -0.136. The average Bonchev–Trinajstić information content (AvgIpc) is 3.30. The first kappa shape index (κ1) is 26.4. The second kappa shape index (κ2) is 12.5. The molecule has 3 amide bonds. The van der Waals surface area contributed by atoms with Crippen LogP contribution in [0.2, 0.25) is 0 Å². The van der Waals surface area contributed by atoms with Crippen LogP contribution in [0.5, 0.6) is 5.75 Å². The van der Waals surface area contributed by atoms with Crippen molar-refractivity contribution in [1.29, 1.82) is 0 Å². The number of likely N-dealkylation sites (N-methyl/N-ethyl adjacent to an activating group) is 1. The van der Waals surface area contributed by atoms with Gasteiger partial charge in [0.1, 0.15) is 5.75 Å². The molecule has 192 valence electrons. The van der Waals surface area contributed by atoms with Crippen LogP contribution in [0.15, 0.2) is 30.5 Å². The number of aliphatic hydroxyl groups excluding tert-OH is 1. The number of anilines is 1. The van der Waals surface area contributed by atoms with E-state index in [-0.39, 0.29) is 43.2 Å². The van der Waals surface area contributed by atoms with Crippen molar-refractivity contribution in [3.63, 3.8) is 0 Å². The number of nitrogens with zero attached hydrogens (tertiary/aromatic N) is 5. The van der Waals surface area contributed by atoms with E-state index >= 15 is 0 Å². The molecule has 11 heteroatoms. The SMILES string of the molecule is COc1ccccc1NC(=O)N(C)C[C@H]1OCc2cnnn2CCCC(=O)N([C@@H](C)CO)C[C@@H]1C. The molecule has 0 spiro atoms. The summed E-state index contributed by atoms with van der Waals surface area (Å²) in [5.41, 5.74) is 1.39. The van der Waals surface area contributed by atoms with E-state index in [2.05, 4.69) is 15.6 Å². The highest BCUT2D eigenvalue weighted by Gasteiger charge is 2.29. The Morgan fingerprint density at radius 3 is 2.91 bits per heavy atom. The summed E-state index contributed by atoms with van der Waals surface area (Å²) in [5.74, 6) is 0.428. The van der Waals surface area contributed by atoms with Gasteiger partial charge in [-0.2, -0.15) is 0 Å². The highest BCUT2D eigenvalue weighted by molar-refractivity contribution is 5.90. The minimum absolute atomic E-state index is 0.0262. The molecule has 0 bridgehead atoms. The van der Waals surface area contributed by atoms with Crippen molar-refractivity contribution < 1.29 is 24.2 Å². The number of aromatic nitrogens is 3. The molecule has 0 unspecified atom stereocenters. The first-order chi connectivity index (χ1) is 16.8. The van der Waals surface area contributed by atoms with Crippen molar-refractivity contribution >= 4 is 17.6 Å². The van der Waals surface area contributed by atoms with Gasteiger partial charge in [-0.1, -0.05) is 24.3 Å². The first-order valence-corrected chi connectivity index (χ1v) is 11.9. The van der Waals surface area contributed by atoms with E-state index in [0.717, 1.165) is 5.69 Å². The fraction of sp³-hybridized carbons (Fsp3) is 0.583. The molecule has 1 aromatic carbocycles. The number of rotatable bonds is 6. The summed E-state index contributed by atoms with van der Waals surface area (Å²) in [6.07, 6.45) is 2.25. The Bertz CT molecular complexity index is 983. The van der Waals surface area contributed by atoms with Crippen molar-refractivity contribution in [1.82, 2.24) is 24.8 Å². The molecule has 1 aliphatic heterocycles. The molecule has 0 saturated carbocycles. The molecule has 35 heavy (non-hydrogen) atoms. The molecule has 0 fully saturated rings. The molecule has 2 N–H and O–H groups in total. The highest BCUT2D eigenvalue weighted by atomic mass is 16.5. The predicted molar refractivity (Wildman–Crippen MR) is 130 cm³/mol. The number of nitrogens with one attached hydrogen (secondary N) is 1. The molecule has 3 atom stereocenters. The number of para-hydroxylation sites is 2. The van der Waals surface area contributed by atoms with Crippen LogP contribution >= 0.6 is 0 Å². The van der Waals surface area contributed by atoms with E-state index in [0.29, 0.717) is 43.9 Å². The molecule has 0 saturated heterocycles. The maximum absolute atomic E-state index is 13.0. The van der Waals surface area contributed by atoms with E-state index in [9.17, 15) is 14.7 Å². The van der Waals surface area contributed by atoms with Crippen LogP contribution in [0.4, 0.5) is 10.5 Å². The van der Waals surface area contributed by atoms with Gasteiger partial charge in [0.2, 0.25) is 5.91 Å². The van der Waals surface area contributed by atoms with Gasteiger partial charge in [0.15, 0.2) is 0 Å². The van der Waals surface area contributed by atoms with Crippen molar-refractivity contribution in [3.8, 4) is 5.75 Å². The number of amides is 3. The van der Waals surface area contributed by atoms with Gasteiger partial charge in [0.05, 0.1) is 50.0 Å². The van der Waals surface area contributed by atoms with Crippen LogP contribution < -0.4 is 10.1 Å². The monoisotopic (exact) mass is 488 g/mol. The average molecular weight is 489 g/mol. The second-order valence-electron chi connectivity index (χ2n) is 8.97. The zero-order valence-electron chi connectivity index (χ0n) is 20.9. The van der Waals surface area contributed by atoms with E-state index in [1.165, 1.54) is 0 Å². The summed E-state index contributed by atoms with van der Waals surface area (Å²) in [4.78, 5) is 29.2. The summed E-state index contributed by atoms with van der Waals surface area (Å²) in [6.45, 7) is 5.22. The molecule has 1 aromatic heterocycles. The first-order valence-electron chi connectivity index (χ1n) is 11.9. The van der Waals surface area contributed by atoms with Crippen LogP contribution in [0.3, 0.4) is 0 Å². The minimum atomic E-state index is -0.382. The van der Waals surface area contributed by atoms with Crippen molar-refractivity contribution in [3.05, 3.63) is 36.2 Å². The number of urea groups is 1. The molecule has 3 rings (SSSR count). The summed E-state index contributed by atoms with van der Waals surface area (Å²) in [5, 5.41) is 20.7. The van der Waals surface area contributed by atoms with E-state index < -0.39 is 0 Å². The van der Waals surface area contributed by atoms with Crippen LogP contribution in [0.25, 0.3) is 0 Å². The third-order valence-corrected chi connectivity index (χ3v) is 6.29. The lowest BCUT2D eigenvalue weighted by Crippen LogP contribution is -2.48. The number of carbonyl (C=O) groups is 2. The number of methoxy groups -OCH3 is 1. The maximum atomic E-state index is 13.0. The lowest BCUT2D eigenvalue weighted by Gasteiger charge is -2.35. The number of aryl methyl sites for hydroxylation is 1. The fourth-order valence-corrected chi connectivity index (χ4v) is 4.06. The molecule has 0 radical (unpaired) electrons. The van der Waals surface area contributed by atoms with Gasteiger partial charge < -0.3 is 29.7 Å². The zero-order valence-corrected chi connectivity index (χ0v) is 20.9. The van der Waals surface area contributed by atoms with Gasteiger partial charge in [0.25, 0.3) is 0 Å². The maximum Gasteiger partial charge on any atom is 0.321 e. The molecule has 1 aliphatic rings. The Hall–Kier alpha value is -3.18. The lowest BCUT2D eigenvalue weighted by atomic mass is 10.0. The number of hydrogen-bond donors (Lipinski definition) is 2. The van der Waals surface area contributed by atoms with E-state index in [1.807, 2.05) is 26.0 Å². The predicted octanol–water partition coefficient (Wildman–Crippen LogP) is 1.98. The second-order valence-corrected chi connectivity index (χ2v) is 8.97. The van der Waals surface area contributed by atoms with Gasteiger partial charge >= 0.3 is 6.03 Å². The van der Waals surface area contributed by atoms with Gasteiger partial charge in [-0.3, -0.25) is 4.79 Å². The number of ether oxygens (including phenoxy) is 2. The number of hydrogen-bond acceptors (Lipinski definition) is 7. The molecule has 2 heterocycles. The van der Waals surface area contributed by atoms with Crippen molar-refractivity contribution in [2.75, 3.05) is 39.2 Å². The Morgan fingerprint density at radius 2 is 2.17 bits per heavy atom. The number of aliphatic hydroxyl groups is 1. The molecular formula is C24H36N6O5. The summed E-state index contributed by atoms with van der Waals surface area (Å²) in [6, 6.07) is 6.58. The fourth-order valence-electron chi connectivity index (χ4n) is 4.06. The van der Waals surface area contributed by atoms with Crippen LogP contribution in [0.1, 0.15) is 32.4 Å². The molecular weight excluding hydrogens is 452 g/mol. The third-order valence-electron chi connectivity index (χ3n) is 6.29. The number of fused-ring (bicyclic) bond motifs is 1. The van der Waals surface area contributed by atoms with Crippen LogP contribution in [-0.2, 0) is 22.7 Å².